The molecule has 0 aliphatic heterocycles. The molecule has 0 radical (unpaired) electrons. The monoisotopic (exact) mass is 234 g/mol. The van der Waals surface area contributed by atoms with Crippen molar-refractivity contribution < 1.29 is 9.13 Å². The molecule has 2 heterocycles. The molecule has 2 aromatic rings. The number of nitrogens with one attached hydrogen (secondary N) is 1. The maximum absolute atomic E-state index is 13.6. The van der Waals surface area contributed by atoms with Crippen LogP contribution in [0.3, 0.4) is 0 Å². The van der Waals surface area contributed by atoms with E-state index in [0.29, 0.717) is 22.8 Å². The number of rotatable bonds is 3. The molecule has 0 saturated carbocycles. The Morgan fingerprint density at radius 2 is 2.18 bits per heavy atom. The van der Waals surface area contributed by atoms with Crippen molar-refractivity contribution in [1.82, 2.24) is 15.0 Å². The van der Waals surface area contributed by atoms with Gasteiger partial charge in [0.2, 0.25) is 0 Å². The first-order chi connectivity index (χ1) is 8.27. The van der Waals surface area contributed by atoms with E-state index in [1.54, 1.807) is 13.1 Å². The van der Waals surface area contributed by atoms with E-state index in [1.807, 2.05) is 0 Å². The predicted molar refractivity (Wildman–Crippen MR) is 61.3 cm³/mol. The third-order valence-corrected chi connectivity index (χ3v) is 2.27. The number of nitrogens with zero attached hydrogens (tertiary/aromatic N) is 3. The molecule has 1 N–H and O–H groups in total. The van der Waals surface area contributed by atoms with Crippen molar-refractivity contribution >= 4 is 5.82 Å². The van der Waals surface area contributed by atoms with Crippen molar-refractivity contribution in [3.05, 3.63) is 30.6 Å². The summed E-state index contributed by atoms with van der Waals surface area (Å²) >= 11 is 0. The summed E-state index contributed by atoms with van der Waals surface area (Å²) in [5.41, 5.74) is 0.725. The van der Waals surface area contributed by atoms with Crippen LogP contribution in [0.2, 0.25) is 0 Å². The number of halogens is 1. The van der Waals surface area contributed by atoms with Crippen LogP contribution in [0.15, 0.2) is 24.8 Å². The number of anilines is 1. The fraction of sp³-hybridized carbons (Fsp3) is 0.182. The van der Waals surface area contributed by atoms with Crippen LogP contribution in [0, 0.1) is 5.82 Å². The van der Waals surface area contributed by atoms with E-state index in [0.717, 1.165) is 6.20 Å². The van der Waals surface area contributed by atoms with Gasteiger partial charge in [-0.15, -0.1) is 0 Å². The van der Waals surface area contributed by atoms with Gasteiger partial charge in [0.05, 0.1) is 13.3 Å². The maximum atomic E-state index is 13.6. The molecule has 0 unspecified atom stereocenters. The molecular weight excluding hydrogens is 223 g/mol. The fourth-order valence-corrected chi connectivity index (χ4v) is 1.50. The van der Waals surface area contributed by atoms with Crippen molar-refractivity contribution in [3.8, 4) is 17.0 Å². The second kappa shape index (κ2) is 4.73. The SMILES string of the molecule is CNc1ncnc(-c2ccncc2F)c1OC. The maximum Gasteiger partial charge on any atom is 0.187 e. The van der Waals surface area contributed by atoms with Crippen LogP contribution in [0.4, 0.5) is 10.2 Å². The summed E-state index contributed by atoms with van der Waals surface area (Å²) in [7, 11) is 3.19. The highest BCUT2D eigenvalue weighted by Crippen LogP contribution is 2.33. The molecule has 0 saturated heterocycles. The van der Waals surface area contributed by atoms with E-state index < -0.39 is 5.82 Å². The van der Waals surface area contributed by atoms with E-state index in [-0.39, 0.29) is 0 Å². The lowest BCUT2D eigenvalue weighted by Gasteiger charge is -2.11. The van der Waals surface area contributed by atoms with Crippen molar-refractivity contribution in [1.29, 1.82) is 0 Å². The third-order valence-electron chi connectivity index (χ3n) is 2.27. The minimum atomic E-state index is -0.452. The van der Waals surface area contributed by atoms with Crippen LogP contribution >= 0.6 is 0 Å². The lowest BCUT2D eigenvalue weighted by molar-refractivity contribution is 0.414. The average molecular weight is 234 g/mol. The minimum absolute atomic E-state index is 0.329. The van der Waals surface area contributed by atoms with Gasteiger partial charge in [0.15, 0.2) is 17.4 Å². The Morgan fingerprint density at radius 1 is 1.35 bits per heavy atom. The number of ether oxygens (including phenoxy) is 1. The number of aromatic nitrogens is 3. The van der Waals surface area contributed by atoms with Crippen LogP contribution in [0.5, 0.6) is 5.75 Å². The van der Waals surface area contributed by atoms with Gasteiger partial charge in [-0.1, -0.05) is 0 Å². The molecule has 17 heavy (non-hydrogen) atoms. The Hall–Kier alpha value is -2.24. The molecule has 2 rings (SSSR count). The second-order valence-corrected chi connectivity index (χ2v) is 3.21. The summed E-state index contributed by atoms with van der Waals surface area (Å²) in [6.07, 6.45) is 3.98. The van der Waals surface area contributed by atoms with Crippen molar-refractivity contribution in [3.63, 3.8) is 0 Å². The third kappa shape index (κ3) is 2.01. The van der Waals surface area contributed by atoms with Gasteiger partial charge in [0.25, 0.3) is 0 Å². The Labute approximate surface area is 97.7 Å². The zero-order valence-corrected chi connectivity index (χ0v) is 9.44. The van der Waals surface area contributed by atoms with E-state index in [9.17, 15) is 4.39 Å². The standard InChI is InChI=1S/C11H11FN4O/c1-13-11-10(17-2)9(15-6-16-11)7-3-4-14-5-8(7)12/h3-6H,1-2H3,(H,13,15,16). The summed E-state index contributed by atoms with van der Waals surface area (Å²) in [5.74, 6) is 0.459. The van der Waals surface area contributed by atoms with Gasteiger partial charge in [-0.05, 0) is 6.07 Å². The molecule has 6 heteroatoms. The Balaban J connectivity index is 2.63. The molecule has 5 nitrogen and oxygen atoms in total. The molecule has 88 valence electrons. The Kier molecular flexibility index (Phi) is 3.13. The molecule has 0 aliphatic rings. The predicted octanol–water partition coefficient (Wildman–Crippen LogP) is 1.73. The van der Waals surface area contributed by atoms with Gasteiger partial charge in [0, 0.05) is 18.8 Å². The van der Waals surface area contributed by atoms with Crippen LogP contribution in [-0.2, 0) is 0 Å². The number of methoxy groups -OCH3 is 1. The molecular formula is C11H11FN4O. The van der Waals surface area contributed by atoms with E-state index in [4.69, 9.17) is 4.74 Å². The lowest BCUT2D eigenvalue weighted by atomic mass is 10.1. The summed E-state index contributed by atoms with van der Waals surface area (Å²) in [6, 6.07) is 1.54. The zero-order valence-electron chi connectivity index (χ0n) is 9.44. The van der Waals surface area contributed by atoms with Gasteiger partial charge < -0.3 is 10.1 Å². The largest absolute Gasteiger partial charge is 0.491 e. The van der Waals surface area contributed by atoms with Crippen LogP contribution < -0.4 is 10.1 Å². The summed E-state index contributed by atoms with van der Waals surface area (Å²) in [5, 5.41) is 2.86. The smallest absolute Gasteiger partial charge is 0.187 e. The molecule has 0 fully saturated rings. The first kappa shape index (κ1) is 11.3. The van der Waals surface area contributed by atoms with Crippen LogP contribution in [0.25, 0.3) is 11.3 Å². The topological polar surface area (TPSA) is 59.9 Å². The lowest BCUT2D eigenvalue weighted by Crippen LogP contribution is -2.01. The van der Waals surface area contributed by atoms with E-state index >= 15 is 0 Å². The highest BCUT2D eigenvalue weighted by Gasteiger charge is 2.15. The van der Waals surface area contributed by atoms with Crippen LogP contribution in [0.1, 0.15) is 0 Å². The average Bonchev–Trinajstić information content (AvgIpc) is 2.38. The summed E-state index contributed by atoms with van der Waals surface area (Å²) < 4.78 is 18.8. The highest BCUT2D eigenvalue weighted by molar-refractivity contribution is 5.72. The van der Waals surface area contributed by atoms with Gasteiger partial charge in [0.1, 0.15) is 12.0 Å². The summed E-state index contributed by atoms with van der Waals surface area (Å²) in [4.78, 5) is 11.7. The number of hydrogen-bond acceptors (Lipinski definition) is 5. The second-order valence-electron chi connectivity index (χ2n) is 3.21. The molecule has 0 spiro atoms. The first-order valence-electron chi connectivity index (χ1n) is 4.94. The van der Waals surface area contributed by atoms with Crippen molar-refractivity contribution in [2.45, 2.75) is 0 Å². The van der Waals surface area contributed by atoms with Gasteiger partial charge in [-0.2, -0.15) is 0 Å². The Morgan fingerprint density at radius 3 is 2.82 bits per heavy atom. The Bertz CT molecular complexity index is 533. The minimum Gasteiger partial charge on any atom is -0.491 e. The van der Waals surface area contributed by atoms with Gasteiger partial charge in [-0.25, -0.2) is 14.4 Å². The van der Waals surface area contributed by atoms with E-state index in [2.05, 4.69) is 20.3 Å². The fourth-order valence-electron chi connectivity index (χ4n) is 1.50. The normalized spacial score (nSPS) is 10.1. The van der Waals surface area contributed by atoms with Crippen LogP contribution in [-0.4, -0.2) is 29.1 Å². The number of hydrogen-bond donors (Lipinski definition) is 1. The molecule has 0 aliphatic carbocycles. The molecule has 2 aromatic heterocycles. The van der Waals surface area contributed by atoms with Crippen molar-refractivity contribution in [2.75, 3.05) is 19.5 Å². The van der Waals surface area contributed by atoms with E-state index in [1.165, 1.54) is 19.6 Å². The molecule has 0 amide bonds. The van der Waals surface area contributed by atoms with Crippen molar-refractivity contribution in [2.24, 2.45) is 0 Å². The quantitative estimate of drug-likeness (QED) is 0.876. The zero-order chi connectivity index (χ0) is 12.3. The van der Waals surface area contributed by atoms with Gasteiger partial charge >= 0.3 is 0 Å². The molecule has 0 atom stereocenters. The highest BCUT2D eigenvalue weighted by atomic mass is 19.1. The first-order valence-corrected chi connectivity index (χ1v) is 4.94. The number of pyridine rings is 1. The molecule has 0 bridgehead atoms. The molecule has 0 aromatic carbocycles. The van der Waals surface area contributed by atoms with Gasteiger partial charge in [-0.3, -0.25) is 4.98 Å². The summed E-state index contributed by atoms with van der Waals surface area (Å²) in [6.45, 7) is 0.